The van der Waals surface area contributed by atoms with E-state index in [0.29, 0.717) is 36.6 Å². The summed E-state index contributed by atoms with van der Waals surface area (Å²) in [5, 5.41) is 24.8. The second-order valence-corrected chi connectivity index (χ2v) is 7.23. The summed E-state index contributed by atoms with van der Waals surface area (Å²) in [6.07, 6.45) is -2.36. The quantitative estimate of drug-likeness (QED) is 0.677. The molecule has 0 atom stereocenters. The predicted molar refractivity (Wildman–Crippen MR) is 101 cm³/mol. The summed E-state index contributed by atoms with van der Waals surface area (Å²) in [4.78, 5) is 2.07. The van der Waals surface area contributed by atoms with Crippen molar-refractivity contribution < 1.29 is 22.7 Å². The van der Waals surface area contributed by atoms with Gasteiger partial charge in [-0.15, -0.1) is 20.4 Å². The molecule has 0 amide bonds. The number of piperidine rings is 1. The zero-order valence-electron chi connectivity index (χ0n) is 16.0. The predicted octanol–water partition coefficient (Wildman–Crippen LogP) is 3.50. The van der Waals surface area contributed by atoms with E-state index >= 15 is 0 Å². The average molecular weight is 419 g/mol. The molecule has 7 nitrogen and oxygen atoms in total. The van der Waals surface area contributed by atoms with E-state index in [4.69, 9.17) is 9.52 Å². The highest BCUT2D eigenvalue weighted by Crippen LogP contribution is 2.34. The molecule has 10 heteroatoms. The van der Waals surface area contributed by atoms with Gasteiger partial charge in [-0.2, -0.15) is 13.2 Å². The van der Waals surface area contributed by atoms with Gasteiger partial charge in [0.05, 0.1) is 5.56 Å². The third kappa shape index (κ3) is 4.43. The minimum Gasteiger partial charge on any atom is -0.417 e. The van der Waals surface area contributed by atoms with Crippen molar-refractivity contribution in [1.82, 2.24) is 20.4 Å². The van der Waals surface area contributed by atoms with Gasteiger partial charge < -0.3 is 14.4 Å². The van der Waals surface area contributed by atoms with Crippen LogP contribution in [0.1, 0.15) is 29.9 Å². The van der Waals surface area contributed by atoms with Crippen LogP contribution in [-0.4, -0.2) is 38.6 Å². The summed E-state index contributed by atoms with van der Waals surface area (Å²) in [6, 6.07) is 9.31. The highest BCUT2D eigenvalue weighted by Gasteiger charge is 2.33. The first-order chi connectivity index (χ1) is 14.4. The van der Waals surface area contributed by atoms with Gasteiger partial charge in [-0.25, -0.2) is 0 Å². The van der Waals surface area contributed by atoms with Gasteiger partial charge in [-0.1, -0.05) is 18.2 Å². The molecule has 0 radical (unpaired) electrons. The average Bonchev–Trinajstić information content (AvgIpc) is 3.23. The smallest absolute Gasteiger partial charge is 0.416 e. The van der Waals surface area contributed by atoms with Crippen molar-refractivity contribution in [1.29, 1.82) is 0 Å². The summed E-state index contributed by atoms with van der Waals surface area (Å²) in [7, 11) is 0. The minimum atomic E-state index is -4.33. The lowest BCUT2D eigenvalue weighted by Crippen LogP contribution is -2.35. The molecule has 1 N–H and O–H groups in total. The molecule has 1 saturated heterocycles. The number of alkyl halides is 3. The molecule has 0 spiro atoms. The maximum absolute atomic E-state index is 13.2. The molecule has 1 aliphatic heterocycles. The number of aliphatic hydroxyl groups excluding tert-OH is 1. The van der Waals surface area contributed by atoms with E-state index in [0.717, 1.165) is 18.9 Å². The molecule has 3 aromatic rings. The van der Waals surface area contributed by atoms with Crippen LogP contribution in [0.15, 0.2) is 40.8 Å². The van der Waals surface area contributed by atoms with Crippen LogP contribution in [0.2, 0.25) is 0 Å². The molecule has 0 saturated carbocycles. The lowest BCUT2D eigenvalue weighted by atomic mass is 9.88. The number of benzene rings is 1. The van der Waals surface area contributed by atoms with Gasteiger partial charge in [0.2, 0.25) is 5.89 Å². The third-order valence-corrected chi connectivity index (χ3v) is 5.24. The number of hydrogen-bond acceptors (Lipinski definition) is 7. The maximum atomic E-state index is 13.2. The number of halogens is 3. The monoisotopic (exact) mass is 419 g/mol. The molecule has 1 aromatic carbocycles. The minimum absolute atomic E-state index is 0.102. The van der Waals surface area contributed by atoms with Gasteiger partial charge in [-0.05, 0) is 48.9 Å². The Bertz CT molecular complexity index is 983. The molecule has 158 valence electrons. The van der Waals surface area contributed by atoms with E-state index in [1.807, 2.05) is 0 Å². The summed E-state index contributed by atoms with van der Waals surface area (Å²) < 4.78 is 44.9. The Morgan fingerprint density at radius 3 is 2.40 bits per heavy atom. The number of nitrogens with zero attached hydrogens (tertiary/aromatic N) is 5. The molecule has 3 heterocycles. The molecular formula is C20H20F3N5O2. The molecule has 0 aliphatic carbocycles. The van der Waals surface area contributed by atoms with Gasteiger partial charge >= 0.3 is 6.18 Å². The van der Waals surface area contributed by atoms with Gasteiger partial charge in [0.25, 0.3) is 5.89 Å². The van der Waals surface area contributed by atoms with Crippen LogP contribution < -0.4 is 4.90 Å². The van der Waals surface area contributed by atoms with Crippen LogP contribution >= 0.6 is 0 Å². The van der Waals surface area contributed by atoms with Crippen molar-refractivity contribution in [3.8, 4) is 11.6 Å². The Balaban J connectivity index is 1.37. The van der Waals surface area contributed by atoms with Gasteiger partial charge in [-0.3, -0.25) is 0 Å². The first-order valence-electron chi connectivity index (χ1n) is 9.61. The number of aromatic nitrogens is 4. The van der Waals surface area contributed by atoms with E-state index in [9.17, 15) is 13.2 Å². The van der Waals surface area contributed by atoms with Crippen LogP contribution in [0.25, 0.3) is 11.6 Å². The normalized spacial score (nSPS) is 15.5. The number of rotatable bonds is 5. The number of anilines is 1. The first kappa shape index (κ1) is 20.3. The lowest BCUT2D eigenvalue weighted by Gasteiger charge is -2.33. The zero-order valence-corrected chi connectivity index (χ0v) is 16.0. The lowest BCUT2D eigenvalue weighted by molar-refractivity contribution is -0.138. The van der Waals surface area contributed by atoms with E-state index in [1.165, 1.54) is 6.07 Å². The molecule has 2 aromatic heterocycles. The van der Waals surface area contributed by atoms with Crippen LogP contribution in [0.5, 0.6) is 0 Å². The summed E-state index contributed by atoms with van der Waals surface area (Å²) in [6.45, 7) is 1.05. The number of aliphatic hydroxyl groups is 1. The standard InChI is InChI=1S/C20H20F3N5O2/c21-20(22,23)15-4-2-1-3-14(15)11-13-7-9-28(10-8-13)17-6-5-16(24-25-17)19-27-26-18(12-29)30-19/h1-6,13,29H,7-12H2. The number of hydrogen-bond donors (Lipinski definition) is 1. The SMILES string of the molecule is OCc1nnc(-c2ccc(N3CCC(Cc4ccccc4C(F)(F)F)CC3)nn2)o1. The fourth-order valence-electron chi connectivity index (χ4n) is 3.68. The van der Waals surface area contributed by atoms with Gasteiger partial charge in [0.15, 0.2) is 5.82 Å². The second kappa shape index (κ2) is 8.39. The van der Waals surface area contributed by atoms with E-state index in [2.05, 4.69) is 25.3 Å². The third-order valence-electron chi connectivity index (χ3n) is 5.24. The molecule has 1 fully saturated rings. The summed E-state index contributed by atoms with van der Waals surface area (Å²) in [5.41, 5.74) is 0.221. The topological polar surface area (TPSA) is 88.2 Å². The van der Waals surface area contributed by atoms with Crippen LogP contribution in [0.3, 0.4) is 0 Å². The Kier molecular flexibility index (Phi) is 5.67. The van der Waals surface area contributed by atoms with Crippen molar-refractivity contribution >= 4 is 5.82 Å². The Labute approximate surface area is 170 Å². The summed E-state index contributed by atoms with van der Waals surface area (Å²) in [5.74, 6) is 1.16. The fourth-order valence-corrected chi connectivity index (χ4v) is 3.68. The van der Waals surface area contributed by atoms with E-state index in [1.54, 1.807) is 24.3 Å². The van der Waals surface area contributed by atoms with Crippen molar-refractivity contribution in [2.75, 3.05) is 18.0 Å². The molecule has 0 unspecified atom stereocenters. The van der Waals surface area contributed by atoms with E-state index < -0.39 is 11.7 Å². The largest absolute Gasteiger partial charge is 0.417 e. The van der Waals surface area contributed by atoms with Crippen molar-refractivity contribution in [3.63, 3.8) is 0 Å². The zero-order chi connectivity index (χ0) is 21.1. The van der Waals surface area contributed by atoms with E-state index in [-0.39, 0.29) is 24.3 Å². The van der Waals surface area contributed by atoms with Gasteiger partial charge in [0.1, 0.15) is 12.3 Å². The first-order valence-corrected chi connectivity index (χ1v) is 9.61. The second-order valence-electron chi connectivity index (χ2n) is 7.23. The Morgan fingerprint density at radius 1 is 1.00 bits per heavy atom. The Hall–Kier alpha value is -3.01. The van der Waals surface area contributed by atoms with Crippen molar-refractivity contribution in [2.24, 2.45) is 5.92 Å². The van der Waals surface area contributed by atoms with Gasteiger partial charge in [0, 0.05) is 13.1 Å². The highest BCUT2D eigenvalue weighted by molar-refractivity contribution is 5.49. The van der Waals surface area contributed by atoms with Crippen LogP contribution in [0.4, 0.5) is 19.0 Å². The van der Waals surface area contributed by atoms with Crippen LogP contribution in [-0.2, 0) is 19.2 Å². The summed E-state index contributed by atoms with van der Waals surface area (Å²) >= 11 is 0. The molecule has 4 rings (SSSR count). The molecule has 30 heavy (non-hydrogen) atoms. The fraction of sp³-hybridized carbons (Fsp3) is 0.400. The van der Waals surface area contributed by atoms with Crippen molar-refractivity contribution in [2.45, 2.75) is 32.0 Å². The van der Waals surface area contributed by atoms with Crippen LogP contribution in [0, 0.1) is 5.92 Å². The molecular weight excluding hydrogens is 399 g/mol. The molecule has 1 aliphatic rings. The highest BCUT2D eigenvalue weighted by atomic mass is 19.4. The molecule has 0 bridgehead atoms. The maximum Gasteiger partial charge on any atom is 0.416 e. The van der Waals surface area contributed by atoms with Crippen molar-refractivity contribution in [3.05, 3.63) is 53.4 Å². The Morgan fingerprint density at radius 2 is 1.77 bits per heavy atom.